The van der Waals surface area contributed by atoms with E-state index in [0.717, 1.165) is 3.57 Å². The van der Waals surface area contributed by atoms with E-state index in [-0.39, 0.29) is 17.9 Å². The summed E-state index contributed by atoms with van der Waals surface area (Å²) in [5, 5.41) is 9.73. The molecule has 0 aliphatic rings. The van der Waals surface area contributed by atoms with Gasteiger partial charge < -0.3 is 14.6 Å². The lowest BCUT2D eigenvalue weighted by atomic mass is 10.2. The Kier molecular flexibility index (Phi) is 6.12. The number of hydrogen-bond acceptors (Lipinski definition) is 5. The zero-order valence-corrected chi connectivity index (χ0v) is 13.7. The van der Waals surface area contributed by atoms with Gasteiger partial charge in [0.2, 0.25) is 0 Å². The third-order valence-corrected chi connectivity index (χ3v) is 3.32. The number of phenolic OH excluding ortho intramolecular Hbond substituents is 1. The van der Waals surface area contributed by atoms with Gasteiger partial charge in [-0.15, -0.1) is 0 Å². The highest BCUT2D eigenvalue weighted by Gasteiger charge is 2.17. The fraction of sp³-hybridized carbons (Fsp3) is 0.273. The van der Waals surface area contributed by atoms with Gasteiger partial charge in [-0.1, -0.05) is 0 Å². The quantitative estimate of drug-likeness (QED) is 0.534. The Hall–Kier alpha value is -0.580. The maximum Gasteiger partial charge on any atom is 0.344 e. The molecule has 0 heterocycles. The molecular formula is C11H10I2O5. The smallest absolute Gasteiger partial charge is 0.344 e. The van der Waals surface area contributed by atoms with E-state index >= 15 is 0 Å². The molecular weight excluding hydrogens is 466 g/mol. The van der Waals surface area contributed by atoms with E-state index in [9.17, 15) is 14.7 Å². The van der Waals surface area contributed by atoms with Crippen LogP contribution in [0.15, 0.2) is 12.1 Å². The lowest BCUT2D eigenvalue weighted by Crippen LogP contribution is -2.16. The van der Waals surface area contributed by atoms with Crippen LogP contribution in [0.4, 0.5) is 0 Å². The molecule has 5 nitrogen and oxygen atoms in total. The van der Waals surface area contributed by atoms with Gasteiger partial charge in [0.25, 0.3) is 0 Å². The first kappa shape index (κ1) is 15.5. The molecule has 0 bridgehead atoms. The fourth-order valence-corrected chi connectivity index (χ4v) is 2.97. The van der Waals surface area contributed by atoms with Crippen molar-refractivity contribution in [2.24, 2.45) is 0 Å². The molecule has 98 valence electrons. The molecule has 0 aliphatic carbocycles. The van der Waals surface area contributed by atoms with Crippen LogP contribution in [0.5, 0.6) is 5.75 Å². The Bertz CT molecular complexity index is 473. The number of esters is 2. The van der Waals surface area contributed by atoms with E-state index in [1.807, 2.05) is 45.2 Å². The van der Waals surface area contributed by atoms with Crippen LogP contribution in [0, 0.1) is 7.14 Å². The van der Waals surface area contributed by atoms with Crippen LogP contribution in [0.1, 0.15) is 17.3 Å². The minimum atomic E-state index is -0.753. The van der Waals surface area contributed by atoms with Gasteiger partial charge in [-0.05, 0) is 64.2 Å². The van der Waals surface area contributed by atoms with Crippen molar-refractivity contribution in [2.75, 3.05) is 13.2 Å². The topological polar surface area (TPSA) is 72.8 Å². The van der Waals surface area contributed by atoms with Crippen LogP contribution in [0.25, 0.3) is 0 Å². The molecule has 1 N–H and O–H groups in total. The first-order valence-electron chi connectivity index (χ1n) is 4.96. The van der Waals surface area contributed by atoms with Crippen molar-refractivity contribution in [1.29, 1.82) is 0 Å². The highest BCUT2D eigenvalue weighted by Crippen LogP contribution is 2.27. The molecule has 0 saturated heterocycles. The van der Waals surface area contributed by atoms with Gasteiger partial charge in [0.05, 0.1) is 10.2 Å². The molecule has 0 saturated carbocycles. The Labute approximate surface area is 131 Å². The number of ether oxygens (including phenoxy) is 2. The van der Waals surface area contributed by atoms with Crippen molar-refractivity contribution in [3.63, 3.8) is 0 Å². The molecule has 1 aromatic carbocycles. The van der Waals surface area contributed by atoms with Crippen LogP contribution < -0.4 is 0 Å². The first-order valence-corrected chi connectivity index (χ1v) is 7.12. The van der Waals surface area contributed by atoms with E-state index in [2.05, 4.69) is 4.74 Å². The number of rotatable bonds is 4. The number of carbonyl (C=O) groups excluding carboxylic acids is 2. The van der Waals surface area contributed by atoms with Gasteiger partial charge in [-0.25, -0.2) is 9.59 Å². The fourth-order valence-electron chi connectivity index (χ4n) is 1.13. The van der Waals surface area contributed by atoms with Crippen LogP contribution >= 0.6 is 45.2 Å². The highest BCUT2D eigenvalue weighted by molar-refractivity contribution is 14.1. The van der Waals surface area contributed by atoms with Crippen LogP contribution in [0.3, 0.4) is 0 Å². The molecule has 0 unspecified atom stereocenters. The summed E-state index contributed by atoms with van der Waals surface area (Å²) in [7, 11) is 0. The summed E-state index contributed by atoms with van der Waals surface area (Å²) in [6.45, 7) is 1.42. The minimum Gasteiger partial charge on any atom is -0.506 e. The Morgan fingerprint density at radius 1 is 1.28 bits per heavy atom. The molecule has 0 amide bonds. The second-order valence-electron chi connectivity index (χ2n) is 3.16. The number of halogens is 2. The summed E-state index contributed by atoms with van der Waals surface area (Å²) in [6.07, 6.45) is 0. The number of hydrogen-bond donors (Lipinski definition) is 1. The van der Waals surface area contributed by atoms with E-state index in [1.54, 1.807) is 13.0 Å². The zero-order valence-electron chi connectivity index (χ0n) is 9.41. The van der Waals surface area contributed by atoms with E-state index in [4.69, 9.17) is 4.74 Å². The summed E-state index contributed by atoms with van der Waals surface area (Å²) in [4.78, 5) is 22.7. The highest BCUT2D eigenvalue weighted by atomic mass is 127. The molecule has 0 fully saturated rings. The van der Waals surface area contributed by atoms with E-state index in [1.165, 1.54) is 6.07 Å². The Morgan fingerprint density at radius 2 is 1.94 bits per heavy atom. The van der Waals surface area contributed by atoms with Gasteiger partial charge in [0, 0.05) is 3.57 Å². The summed E-state index contributed by atoms with van der Waals surface area (Å²) in [5.74, 6) is -1.52. The summed E-state index contributed by atoms with van der Waals surface area (Å²) in [5.41, 5.74) is 0.0376. The minimum absolute atomic E-state index is 0.0376. The van der Waals surface area contributed by atoms with Gasteiger partial charge in [0.1, 0.15) is 11.3 Å². The average molecular weight is 476 g/mol. The van der Waals surface area contributed by atoms with Crippen molar-refractivity contribution < 1.29 is 24.2 Å². The number of carbonyl (C=O) groups is 2. The largest absolute Gasteiger partial charge is 0.506 e. The molecule has 1 rings (SSSR count). The third kappa shape index (κ3) is 4.26. The third-order valence-electron chi connectivity index (χ3n) is 1.87. The van der Waals surface area contributed by atoms with Gasteiger partial charge in [-0.2, -0.15) is 0 Å². The second-order valence-corrected chi connectivity index (χ2v) is 5.57. The van der Waals surface area contributed by atoms with Crippen LogP contribution in [-0.4, -0.2) is 30.3 Å². The summed E-state index contributed by atoms with van der Waals surface area (Å²) < 4.78 is 10.7. The SMILES string of the molecule is CCOC(=O)COC(=O)c1cc(I)cc(I)c1O. The predicted octanol–water partition coefficient (Wildman–Crippen LogP) is 2.32. The van der Waals surface area contributed by atoms with E-state index < -0.39 is 18.5 Å². The lowest BCUT2D eigenvalue weighted by Gasteiger charge is -2.07. The van der Waals surface area contributed by atoms with Gasteiger partial charge >= 0.3 is 11.9 Å². The van der Waals surface area contributed by atoms with Gasteiger partial charge in [-0.3, -0.25) is 0 Å². The maximum atomic E-state index is 11.7. The maximum absolute atomic E-state index is 11.7. The molecule has 7 heteroatoms. The number of aromatic hydroxyl groups is 1. The molecule has 0 aliphatic heterocycles. The summed E-state index contributed by atoms with van der Waals surface area (Å²) >= 11 is 3.93. The Balaban J connectivity index is 2.76. The first-order chi connectivity index (χ1) is 8.45. The molecule has 1 aromatic rings. The standard InChI is InChI=1S/C11H10I2O5/c1-2-17-9(14)5-18-11(16)7-3-6(12)4-8(13)10(7)15/h3-4,15H,2,5H2,1H3. The summed E-state index contributed by atoms with van der Waals surface area (Å²) in [6, 6.07) is 3.21. The molecule has 0 spiro atoms. The van der Waals surface area contributed by atoms with Crippen molar-refractivity contribution in [3.8, 4) is 5.75 Å². The predicted molar refractivity (Wildman–Crippen MR) is 80.5 cm³/mol. The molecule has 18 heavy (non-hydrogen) atoms. The lowest BCUT2D eigenvalue weighted by molar-refractivity contribution is -0.146. The molecule has 0 atom stereocenters. The molecule has 0 radical (unpaired) electrons. The number of phenols is 1. The van der Waals surface area contributed by atoms with Crippen LogP contribution in [0.2, 0.25) is 0 Å². The molecule has 0 aromatic heterocycles. The van der Waals surface area contributed by atoms with E-state index in [0.29, 0.717) is 3.57 Å². The van der Waals surface area contributed by atoms with Crippen molar-refractivity contribution in [3.05, 3.63) is 24.8 Å². The van der Waals surface area contributed by atoms with Crippen molar-refractivity contribution >= 4 is 57.1 Å². The van der Waals surface area contributed by atoms with Gasteiger partial charge in [0.15, 0.2) is 6.61 Å². The second kappa shape index (κ2) is 7.12. The Morgan fingerprint density at radius 3 is 2.56 bits per heavy atom. The average Bonchev–Trinajstić information content (AvgIpc) is 2.31. The number of benzene rings is 1. The normalized spacial score (nSPS) is 9.94. The van der Waals surface area contributed by atoms with Crippen LogP contribution in [-0.2, 0) is 14.3 Å². The van der Waals surface area contributed by atoms with Crippen molar-refractivity contribution in [2.45, 2.75) is 6.92 Å². The zero-order chi connectivity index (χ0) is 13.7. The monoisotopic (exact) mass is 476 g/mol. The van der Waals surface area contributed by atoms with Crippen molar-refractivity contribution in [1.82, 2.24) is 0 Å².